The van der Waals surface area contributed by atoms with Crippen molar-refractivity contribution < 1.29 is 13.9 Å². The lowest BCUT2D eigenvalue weighted by molar-refractivity contribution is 0.0765. The van der Waals surface area contributed by atoms with Crippen molar-refractivity contribution in [2.24, 2.45) is 0 Å². The van der Waals surface area contributed by atoms with Gasteiger partial charge in [0.05, 0.1) is 11.1 Å². The number of carbonyl (C=O) groups is 1. The van der Waals surface area contributed by atoms with Crippen LogP contribution in [-0.4, -0.2) is 15.8 Å². The van der Waals surface area contributed by atoms with Crippen LogP contribution in [0.25, 0.3) is 11.1 Å². The maximum atomic E-state index is 14.3. The molecule has 1 amide bonds. The molecule has 0 fully saturated rings. The number of hydrogen-bond acceptors (Lipinski definition) is 4. The summed E-state index contributed by atoms with van der Waals surface area (Å²) in [7, 11) is 0. The number of nitriles is 1. The first-order valence-corrected chi connectivity index (χ1v) is 10.8. The topological polar surface area (TPSA) is 66.2 Å². The predicted molar refractivity (Wildman–Crippen MR) is 126 cm³/mol. The third-order valence-corrected chi connectivity index (χ3v) is 5.85. The molecule has 0 aliphatic carbocycles. The van der Waals surface area contributed by atoms with E-state index in [1.54, 1.807) is 17.0 Å². The van der Waals surface area contributed by atoms with Crippen LogP contribution in [0.5, 0.6) is 11.5 Å². The standard InChI is InChI=1S/C28H20FN3O2/c1-18-8-11-22(15-31-18)20-12-9-19(10-13-20)16-32-17-23-5-3-7-25(26(23)28(32)33)34-27-21(14-30)4-2-6-24(27)29/h2-13,15H,16-17H2,1H3. The van der Waals surface area contributed by atoms with Gasteiger partial charge < -0.3 is 9.64 Å². The Hall–Kier alpha value is -4.50. The summed E-state index contributed by atoms with van der Waals surface area (Å²) >= 11 is 0. The van der Waals surface area contributed by atoms with Crippen LogP contribution >= 0.6 is 0 Å². The van der Waals surface area contributed by atoms with E-state index >= 15 is 0 Å². The molecule has 6 heteroatoms. The van der Waals surface area contributed by atoms with Crippen molar-refractivity contribution in [1.82, 2.24) is 9.88 Å². The van der Waals surface area contributed by atoms with Crippen LogP contribution in [0.4, 0.5) is 4.39 Å². The fraction of sp³-hybridized carbons (Fsp3) is 0.107. The highest BCUT2D eigenvalue weighted by Crippen LogP contribution is 2.36. The monoisotopic (exact) mass is 449 g/mol. The maximum absolute atomic E-state index is 14.3. The van der Waals surface area contributed by atoms with Gasteiger partial charge in [-0.05, 0) is 47.9 Å². The number of hydrogen-bond donors (Lipinski definition) is 0. The van der Waals surface area contributed by atoms with Crippen LogP contribution < -0.4 is 4.74 Å². The van der Waals surface area contributed by atoms with Crippen LogP contribution in [0, 0.1) is 24.1 Å². The molecule has 3 aromatic carbocycles. The summed E-state index contributed by atoms with van der Waals surface area (Å²) in [5, 5.41) is 9.30. The van der Waals surface area contributed by atoms with Gasteiger partial charge in [0, 0.05) is 30.5 Å². The highest BCUT2D eigenvalue weighted by atomic mass is 19.1. The Balaban J connectivity index is 1.36. The second kappa shape index (κ2) is 8.80. The van der Waals surface area contributed by atoms with Gasteiger partial charge in [0.15, 0.2) is 11.6 Å². The van der Waals surface area contributed by atoms with Crippen molar-refractivity contribution >= 4 is 5.91 Å². The molecule has 2 heterocycles. The number of aromatic nitrogens is 1. The number of halogens is 1. The Bertz CT molecular complexity index is 1420. The molecule has 166 valence electrons. The lowest BCUT2D eigenvalue weighted by Crippen LogP contribution is -2.23. The number of aryl methyl sites for hydroxylation is 1. The lowest BCUT2D eigenvalue weighted by atomic mass is 10.1. The third-order valence-electron chi connectivity index (χ3n) is 5.85. The molecule has 0 saturated carbocycles. The molecule has 0 bridgehead atoms. The molecule has 1 aliphatic heterocycles. The van der Waals surface area contributed by atoms with Gasteiger partial charge in [0.1, 0.15) is 11.8 Å². The molecule has 4 aromatic rings. The van der Waals surface area contributed by atoms with E-state index in [9.17, 15) is 14.4 Å². The van der Waals surface area contributed by atoms with Crippen LogP contribution in [0.2, 0.25) is 0 Å². The molecule has 0 saturated heterocycles. The van der Waals surface area contributed by atoms with Crippen molar-refractivity contribution in [3.05, 3.63) is 113 Å². The largest absolute Gasteiger partial charge is 0.452 e. The first-order valence-electron chi connectivity index (χ1n) is 10.8. The van der Waals surface area contributed by atoms with Gasteiger partial charge >= 0.3 is 0 Å². The number of amides is 1. The SMILES string of the molecule is Cc1ccc(-c2ccc(CN3Cc4cccc(Oc5c(F)cccc5C#N)c4C3=O)cc2)cn1. The second-order valence-electron chi connectivity index (χ2n) is 8.17. The smallest absolute Gasteiger partial charge is 0.258 e. The number of carbonyl (C=O) groups excluding carboxylic acids is 1. The van der Waals surface area contributed by atoms with E-state index in [0.29, 0.717) is 18.7 Å². The second-order valence-corrected chi connectivity index (χ2v) is 8.17. The zero-order chi connectivity index (χ0) is 23.7. The number of para-hydroxylation sites is 1. The summed E-state index contributed by atoms with van der Waals surface area (Å²) in [5.74, 6) is -0.769. The van der Waals surface area contributed by atoms with Gasteiger partial charge in [-0.15, -0.1) is 0 Å². The summed E-state index contributed by atoms with van der Waals surface area (Å²) in [6.45, 7) is 2.81. The number of fused-ring (bicyclic) bond motifs is 1. The molecule has 5 rings (SSSR count). The third kappa shape index (κ3) is 4.00. The quantitative estimate of drug-likeness (QED) is 0.374. The molecule has 1 aliphatic rings. The number of pyridine rings is 1. The van der Waals surface area contributed by atoms with Gasteiger partial charge in [-0.3, -0.25) is 9.78 Å². The molecule has 34 heavy (non-hydrogen) atoms. The van der Waals surface area contributed by atoms with Crippen molar-refractivity contribution in [3.8, 4) is 28.7 Å². The lowest BCUT2D eigenvalue weighted by Gasteiger charge is -2.16. The molecule has 0 radical (unpaired) electrons. The van der Waals surface area contributed by atoms with Gasteiger partial charge in [-0.2, -0.15) is 5.26 Å². The van der Waals surface area contributed by atoms with Gasteiger partial charge in [0.2, 0.25) is 0 Å². The minimum atomic E-state index is -0.650. The molecule has 0 atom stereocenters. The highest BCUT2D eigenvalue weighted by molar-refractivity contribution is 6.01. The minimum absolute atomic E-state index is 0.0729. The van der Waals surface area contributed by atoms with E-state index in [0.717, 1.165) is 27.9 Å². The molecular weight excluding hydrogens is 429 g/mol. The Morgan fingerprint density at radius 3 is 2.53 bits per heavy atom. The van der Waals surface area contributed by atoms with Crippen LogP contribution in [0.3, 0.4) is 0 Å². The van der Waals surface area contributed by atoms with Crippen molar-refractivity contribution in [3.63, 3.8) is 0 Å². The van der Waals surface area contributed by atoms with E-state index < -0.39 is 5.82 Å². The average molecular weight is 449 g/mol. The molecule has 0 unspecified atom stereocenters. The molecule has 1 aromatic heterocycles. The van der Waals surface area contributed by atoms with E-state index in [1.165, 1.54) is 18.2 Å². The fourth-order valence-electron chi connectivity index (χ4n) is 4.07. The normalized spacial score (nSPS) is 12.4. The number of rotatable bonds is 5. The zero-order valence-corrected chi connectivity index (χ0v) is 18.5. The maximum Gasteiger partial charge on any atom is 0.258 e. The minimum Gasteiger partial charge on any atom is -0.452 e. The van der Waals surface area contributed by atoms with Gasteiger partial charge in [-0.25, -0.2) is 4.39 Å². The average Bonchev–Trinajstić information content (AvgIpc) is 3.17. The molecule has 5 nitrogen and oxygen atoms in total. The fourth-order valence-corrected chi connectivity index (χ4v) is 4.07. The van der Waals surface area contributed by atoms with Crippen LogP contribution in [0.15, 0.2) is 79.0 Å². The summed E-state index contributed by atoms with van der Waals surface area (Å²) in [6.07, 6.45) is 1.85. The first-order chi connectivity index (χ1) is 16.5. The highest BCUT2D eigenvalue weighted by Gasteiger charge is 2.31. The van der Waals surface area contributed by atoms with Crippen LogP contribution in [-0.2, 0) is 13.1 Å². The zero-order valence-electron chi connectivity index (χ0n) is 18.5. The van der Waals surface area contributed by atoms with Crippen LogP contribution in [0.1, 0.15) is 32.7 Å². The van der Waals surface area contributed by atoms with Crippen molar-refractivity contribution in [2.45, 2.75) is 20.0 Å². The van der Waals surface area contributed by atoms with E-state index in [4.69, 9.17) is 4.74 Å². The number of ether oxygens (including phenoxy) is 1. The summed E-state index contributed by atoms with van der Waals surface area (Å²) in [4.78, 5) is 19.3. The Morgan fingerprint density at radius 1 is 1.03 bits per heavy atom. The van der Waals surface area contributed by atoms with E-state index in [-0.39, 0.29) is 23.0 Å². The summed E-state index contributed by atoms with van der Waals surface area (Å²) < 4.78 is 20.1. The Morgan fingerprint density at radius 2 is 1.79 bits per heavy atom. The van der Waals surface area contributed by atoms with E-state index in [2.05, 4.69) is 4.98 Å². The number of benzene rings is 3. The molecule has 0 spiro atoms. The Labute approximate surface area is 196 Å². The molecular formula is C28H20FN3O2. The first kappa shape index (κ1) is 21.4. The van der Waals surface area contributed by atoms with E-state index in [1.807, 2.05) is 61.7 Å². The molecule has 0 N–H and O–H groups in total. The van der Waals surface area contributed by atoms with Gasteiger partial charge in [-0.1, -0.05) is 48.5 Å². The Kier molecular flexibility index (Phi) is 5.52. The van der Waals surface area contributed by atoms with Crippen molar-refractivity contribution in [1.29, 1.82) is 5.26 Å². The van der Waals surface area contributed by atoms with Gasteiger partial charge in [0.25, 0.3) is 5.91 Å². The predicted octanol–water partition coefficient (Wildman–Crippen LogP) is 6.02. The summed E-state index contributed by atoms with van der Waals surface area (Å²) in [6, 6.07) is 23.4. The van der Waals surface area contributed by atoms with Crippen molar-refractivity contribution in [2.75, 3.05) is 0 Å². The summed E-state index contributed by atoms with van der Waals surface area (Å²) in [5.41, 5.74) is 5.33. The number of nitrogens with zero attached hydrogens (tertiary/aromatic N) is 3.